The number of hydrogen-bond donors (Lipinski definition) is 2. The molecule has 1 aromatic carbocycles. The van der Waals surface area contributed by atoms with E-state index in [9.17, 15) is 34.8 Å². The molecule has 232 valence electrons. The third kappa shape index (κ3) is 8.32. The van der Waals surface area contributed by atoms with E-state index in [1.807, 2.05) is 24.3 Å². The molecule has 0 radical (unpaired) electrons. The second-order valence-electron chi connectivity index (χ2n) is 9.74. The van der Waals surface area contributed by atoms with Crippen molar-refractivity contribution in [3.05, 3.63) is 54.4 Å². The van der Waals surface area contributed by atoms with Gasteiger partial charge in [0.25, 0.3) is 0 Å². The third-order valence-electron chi connectivity index (χ3n) is 6.74. The standard InChI is InChI=1S/C21H25N3O3S.2C2HF3O2/c25-28(26)20-10-2-1-9-19(20)27-21(11-13-23(15-21)18-7-5-8-18)16-24(28)14-17-6-3-4-12-22-17;2*3-2(4,5)1(6)7/h1-4,6,9-10,12,18H,5,7-8,11,13-16H2;2*(H,6,7). The Bertz CT molecular complexity index is 1330. The first-order valence-corrected chi connectivity index (χ1v) is 13.9. The molecule has 1 aromatic heterocycles. The molecule has 1 aliphatic carbocycles. The van der Waals surface area contributed by atoms with E-state index in [0.717, 1.165) is 25.2 Å². The summed E-state index contributed by atoms with van der Waals surface area (Å²) in [5, 5.41) is 14.2. The predicted molar refractivity (Wildman–Crippen MR) is 133 cm³/mol. The molecule has 42 heavy (non-hydrogen) atoms. The number of rotatable bonds is 3. The number of fused-ring (bicyclic) bond motifs is 1. The Morgan fingerprint density at radius 3 is 2.02 bits per heavy atom. The number of sulfonamides is 1. The van der Waals surface area contributed by atoms with Crippen molar-refractivity contribution in [1.29, 1.82) is 0 Å². The molecule has 5 rings (SSSR count). The summed E-state index contributed by atoms with van der Waals surface area (Å²) in [7, 11) is -3.66. The molecule has 1 saturated heterocycles. The Kier molecular flexibility index (Phi) is 10.1. The van der Waals surface area contributed by atoms with Gasteiger partial charge in [0.2, 0.25) is 10.0 Å². The van der Waals surface area contributed by atoms with Crippen LogP contribution in [0.5, 0.6) is 5.75 Å². The lowest BCUT2D eigenvalue weighted by molar-refractivity contribution is -0.193. The van der Waals surface area contributed by atoms with Gasteiger partial charge in [-0.3, -0.25) is 9.88 Å². The van der Waals surface area contributed by atoms with Crippen LogP contribution in [0, 0.1) is 0 Å². The quantitative estimate of drug-likeness (QED) is 0.485. The summed E-state index contributed by atoms with van der Waals surface area (Å²) in [4.78, 5) is 24.9. The van der Waals surface area contributed by atoms with Gasteiger partial charge in [0.15, 0.2) is 0 Å². The van der Waals surface area contributed by atoms with E-state index in [2.05, 4.69) is 9.88 Å². The number of benzene rings is 1. The van der Waals surface area contributed by atoms with Crippen LogP contribution in [0.3, 0.4) is 0 Å². The van der Waals surface area contributed by atoms with Crippen molar-refractivity contribution in [3.8, 4) is 5.75 Å². The van der Waals surface area contributed by atoms with Crippen LogP contribution >= 0.6 is 0 Å². The van der Waals surface area contributed by atoms with Crippen molar-refractivity contribution < 1.29 is 59.3 Å². The smallest absolute Gasteiger partial charge is 0.483 e. The first kappa shape index (κ1) is 33.1. The van der Waals surface area contributed by atoms with E-state index >= 15 is 0 Å². The lowest BCUT2D eigenvalue weighted by Gasteiger charge is -2.37. The van der Waals surface area contributed by atoms with Crippen molar-refractivity contribution in [1.82, 2.24) is 14.2 Å². The van der Waals surface area contributed by atoms with E-state index in [1.165, 1.54) is 19.3 Å². The fraction of sp³-hybridized carbons (Fsp3) is 0.480. The van der Waals surface area contributed by atoms with Gasteiger partial charge in [-0.2, -0.15) is 30.6 Å². The highest BCUT2D eigenvalue weighted by atomic mass is 32.2. The molecule has 3 heterocycles. The monoisotopic (exact) mass is 627 g/mol. The minimum Gasteiger partial charge on any atom is -0.483 e. The molecule has 1 spiro atoms. The second-order valence-corrected chi connectivity index (χ2v) is 11.6. The van der Waals surface area contributed by atoms with Gasteiger partial charge in [-0.25, -0.2) is 18.0 Å². The number of aliphatic carboxylic acids is 2. The largest absolute Gasteiger partial charge is 0.490 e. The van der Waals surface area contributed by atoms with Crippen molar-refractivity contribution in [2.24, 2.45) is 0 Å². The van der Waals surface area contributed by atoms with Gasteiger partial charge in [0.1, 0.15) is 16.2 Å². The van der Waals surface area contributed by atoms with Crippen LogP contribution in [0.1, 0.15) is 31.4 Å². The van der Waals surface area contributed by atoms with Crippen molar-refractivity contribution in [2.75, 3.05) is 19.6 Å². The molecule has 10 nitrogen and oxygen atoms in total. The normalized spacial score (nSPS) is 22.2. The van der Waals surface area contributed by atoms with Crippen molar-refractivity contribution >= 4 is 22.0 Å². The molecule has 3 aliphatic rings. The van der Waals surface area contributed by atoms with Gasteiger partial charge in [-0.05, 0) is 37.1 Å². The van der Waals surface area contributed by atoms with Gasteiger partial charge in [0.05, 0.1) is 18.8 Å². The number of nitrogens with zero attached hydrogens (tertiary/aromatic N) is 3. The Hall–Kier alpha value is -3.44. The van der Waals surface area contributed by atoms with Crippen LogP contribution < -0.4 is 4.74 Å². The number of carbonyl (C=O) groups is 2. The summed E-state index contributed by atoms with van der Waals surface area (Å²) in [5.41, 5.74) is 0.235. The molecule has 2 aliphatic heterocycles. The Morgan fingerprint density at radius 1 is 0.952 bits per heavy atom. The number of halogens is 6. The Balaban J connectivity index is 0.000000289. The molecule has 2 N–H and O–H groups in total. The highest BCUT2D eigenvalue weighted by Crippen LogP contribution is 2.40. The van der Waals surface area contributed by atoms with Gasteiger partial charge in [-0.1, -0.05) is 24.6 Å². The third-order valence-corrected chi connectivity index (χ3v) is 8.58. The number of alkyl halides is 6. The molecule has 1 atom stereocenters. The summed E-state index contributed by atoms with van der Waals surface area (Å²) in [6.45, 7) is 2.35. The Labute approximate surface area is 236 Å². The lowest BCUT2D eigenvalue weighted by atomic mass is 9.91. The molecule has 2 aromatic rings. The zero-order chi connectivity index (χ0) is 31.3. The van der Waals surface area contributed by atoms with Gasteiger partial charge < -0.3 is 14.9 Å². The minimum absolute atomic E-state index is 0.255. The van der Waals surface area contributed by atoms with Crippen LogP contribution in [0.4, 0.5) is 26.3 Å². The number of aromatic nitrogens is 1. The SMILES string of the molecule is O=C(O)C(F)(F)F.O=C(O)C(F)(F)F.O=S1(=O)c2ccccc2OC2(CCN(C3CCC3)C2)CN1Cc1ccccn1. The summed E-state index contributed by atoms with van der Waals surface area (Å²) in [6, 6.07) is 13.3. The summed E-state index contributed by atoms with van der Waals surface area (Å²) in [5.74, 6) is -5.04. The summed E-state index contributed by atoms with van der Waals surface area (Å²) >= 11 is 0. The zero-order valence-electron chi connectivity index (χ0n) is 21.8. The van der Waals surface area contributed by atoms with Crippen molar-refractivity contribution in [2.45, 2.75) is 61.1 Å². The highest BCUT2D eigenvalue weighted by Gasteiger charge is 2.49. The number of hydrogen-bond acceptors (Lipinski definition) is 7. The average molecular weight is 628 g/mol. The van der Waals surface area contributed by atoms with Crippen LogP contribution in [0.25, 0.3) is 0 Å². The molecular formula is C25H27F6N3O7S. The van der Waals surface area contributed by atoms with E-state index in [0.29, 0.717) is 18.3 Å². The van der Waals surface area contributed by atoms with Crippen molar-refractivity contribution in [3.63, 3.8) is 0 Å². The van der Waals surface area contributed by atoms with Crippen LogP contribution in [0.15, 0.2) is 53.6 Å². The fourth-order valence-electron chi connectivity index (χ4n) is 4.52. The van der Waals surface area contributed by atoms with E-state index < -0.39 is 39.9 Å². The molecule has 1 saturated carbocycles. The zero-order valence-corrected chi connectivity index (χ0v) is 22.6. The number of carboxylic acid groups (broad SMARTS) is 2. The predicted octanol–water partition coefficient (Wildman–Crippen LogP) is 3.93. The van der Waals surface area contributed by atoms with Crippen LogP contribution in [-0.4, -0.2) is 88.4 Å². The minimum atomic E-state index is -5.08. The summed E-state index contributed by atoms with van der Waals surface area (Å²) in [6.07, 6.45) is -3.86. The van der Waals surface area contributed by atoms with Gasteiger partial charge in [-0.15, -0.1) is 0 Å². The van der Waals surface area contributed by atoms with Crippen LogP contribution in [-0.2, 0) is 26.2 Å². The lowest BCUT2D eigenvalue weighted by Crippen LogP contribution is -2.50. The first-order valence-electron chi connectivity index (χ1n) is 12.5. The molecular weight excluding hydrogens is 600 g/mol. The topological polar surface area (TPSA) is 137 Å². The fourth-order valence-corrected chi connectivity index (χ4v) is 6.12. The van der Waals surface area contributed by atoms with Crippen LogP contribution in [0.2, 0.25) is 0 Å². The van der Waals surface area contributed by atoms with E-state index in [-0.39, 0.29) is 11.4 Å². The second kappa shape index (κ2) is 12.8. The molecule has 0 amide bonds. The number of ether oxygens (including phenoxy) is 1. The maximum atomic E-state index is 13.5. The molecule has 2 fully saturated rings. The highest BCUT2D eigenvalue weighted by molar-refractivity contribution is 7.89. The molecule has 0 bridgehead atoms. The number of carboxylic acids is 2. The average Bonchev–Trinajstić information content (AvgIpc) is 3.22. The molecule has 1 unspecified atom stereocenters. The number of likely N-dealkylation sites (tertiary alicyclic amines) is 1. The molecule has 17 heteroatoms. The number of para-hydroxylation sites is 1. The van der Waals surface area contributed by atoms with E-state index in [1.54, 1.807) is 28.7 Å². The van der Waals surface area contributed by atoms with Gasteiger partial charge >= 0.3 is 24.3 Å². The maximum Gasteiger partial charge on any atom is 0.490 e. The first-order chi connectivity index (χ1) is 19.4. The summed E-state index contributed by atoms with van der Waals surface area (Å²) < 4.78 is 98.4. The maximum absolute atomic E-state index is 13.5. The Morgan fingerprint density at radius 2 is 1.52 bits per heavy atom. The van der Waals surface area contributed by atoms with Gasteiger partial charge in [0, 0.05) is 31.7 Å². The number of pyridine rings is 1. The van der Waals surface area contributed by atoms with E-state index in [4.69, 9.17) is 24.5 Å².